The van der Waals surface area contributed by atoms with E-state index in [4.69, 9.17) is 27.8 Å². The molecule has 4 heterocycles. The maximum atomic E-state index is 16.0. The molecule has 14 nitrogen and oxygen atoms in total. The van der Waals surface area contributed by atoms with Crippen molar-refractivity contribution in [2.24, 2.45) is 33.5 Å². The van der Waals surface area contributed by atoms with Crippen LogP contribution in [0.5, 0.6) is 34.5 Å². The Kier molecular flexibility index (Phi) is 19.9. The Bertz CT molecular complexity index is 5550. The first-order chi connectivity index (χ1) is 53.7. The highest BCUT2D eigenvalue weighted by molar-refractivity contribution is 7.87. The van der Waals surface area contributed by atoms with E-state index in [1.54, 1.807) is 0 Å². The Morgan fingerprint density at radius 3 is 0.871 bits per heavy atom. The number of phenols is 2. The standard InChI is InChI=1S/C100H120N2O12S2/c1-91(2,3)73-39-59-33-63-43-75(93(7,8)9)44-64-34-60-40-74(92(4,5)6)42-62(86(60)106)36-68-48-78(96(16,17)18)50-70(90(68)114-116(109,110)56-100-32-30-72(52-82(100)104)98(100,21)22)38-66-46-76(94(10,11)12)45-65(88(66)112-54-80-28-26-58-24-23-57-25-27-79(53-111-87(63)64)101-83(57)84(58)102-80)37-69-49-77(95(13,14)15)47-67(35-61(41-73)85(59)105)89(69)113-115(107,108)55-99-31-29-71(51-81(99)103)97(99,19)20/h23-28,39-50,71-72,105-106H,29-38,51-56H2,1-22H3. The van der Waals surface area contributed by atoms with Crippen molar-refractivity contribution in [1.82, 2.24) is 9.97 Å². The van der Waals surface area contributed by atoms with Crippen LogP contribution in [0.1, 0.15) is 302 Å². The molecular weight excluding hydrogens is 1490 g/mol. The zero-order valence-corrected chi connectivity index (χ0v) is 74.2. The molecule has 2 N–H and O–H groups in total. The third kappa shape index (κ3) is 15.0. The van der Waals surface area contributed by atoms with Gasteiger partial charge in [0.25, 0.3) is 0 Å². The molecule has 9 aromatic rings. The molecule has 0 amide bonds. The summed E-state index contributed by atoms with van der Waals surface area (Å²) in [6, 6.07) is 37.1. The van der Waals surface area contributed by atoms with Gasteiger partial charge in [-0.2, -0.15) is 16.8 Å². The van der Waals surface area contributed by atoms with E-state index in [1.807, 2.05) is 100 Å². The van der Waals surface area contributed by atoms with Crippen LogP contribution in [0.15, 0.2) is 109 Å². The Balaban J connectivity index is 1.09. The number of benzene rings is 7. The Labute approximate surface area is 689 Å². The summed E-state index contributed by atoms with van der Waals surface area (Å²) in [6.45, 7) is 46.7. The summed E-state index contributed by atoms with van der Waals surface area (Å²) in [7, 11) is -9.32. The molecule has 4 atom stereocenters. The number of aromatic nitrogens is 2. The van der Waals surface area contributed by atoms with Crippen molar-refractivity contribution in [1.29, 1.82) is 0 Å². The largest absolute Gasteiger partial charge is 0.507 e. The van der Waals surface area contributed by atoms with Crippen LogP contribution in [0.3, 0.4) is 0 Å². The number of hydrogen-bond acceptors (Lipinski definition) is 14. The number of pyridine rings is 2. The number of ketones is 2. The number of aromatic hydroxyl groups is 2. The summed E-state index contributed by atoms with van der Waals surface area (Å²) >= 11 is 0. The number of rotatable bonds is 8. The van der Waals surface area contributed by atoms with Crippen LogP contribution in [-0.4, -0.2) is 60.1 Å². The number of Topliss-reactive ketones (excluding diaryl/α,β-unsaturated/α-hetero) is 2. The third-order valence-corrected chi connectivity index (χ3v) is 30.4. The van der Waals surface area contributed by atoms with Crippen molar-refractivity contribution in [2.75, 3.05) is 11.5 Å². The molecule has 2 aliphatic heterocycles. The van der Waals surface area contributed by atoms with Crippen LogP contribution in [0, 0.1) is 33.5 Å². The van der Waals surface area contributed by atoms with Gasteiger partial charge >= 0.3 is 20.2 Å². The van der Waals surface area contributed by atoms with E-state index in [1.165, 1.54) is 0 Å². The molecule has 0 saturated heterocycles. The van der Waals surface area contributed by atoms with E-state index < -0.39 is 85.9 Å². The van der Waals surface area contributed by atoms with Crippen LogP contribution in [-0.2, 0) is 114 Å². The normalized spacial score (nSPS) is 21.0. The molecule has 16 heteroatoms. The third-order valence-electron chi connectivity index (χ3n) is 27.9. The van der Waals surface area contributed by atoms with Crippen molar-refractivity contribution < 1.29 is 54.5 Å². The van der Waals surface area contributed by atoms with Gasteiger partial charge in [-0.05, 0) is 171 Å². The van der Waals surface area contributed by atoms with E-state index in [9.17, 15) is 19.8 Å². The molecule has 18 bridgehead atoms. The van der Waals surface area contributed by atoms with Crippen LogP contribution >= 0.6 is 0 Å². The highest BCUT2D eigenvalue weighted by atomic mass is 32.2. The summed E-state index contributed by atoms with van der Waals surface area (Å²) < 4.78 is 93.1. The van der Waals surface area contributed by atoms with Gasteiger partial charge in [0.05, 0.1) is 44.8 Å². The molecule has 116 heavy (non-hydrogen) atoms. The van der Waals surface area contributed by atoms with Gasteiger partial charge in [-0.15, -0.1) is 0 Å². The van der Waals surface area contributed by atoms with Crippen molar-refractivity contribution >= 4 is 53.6 Å². The average molecular weight is 1610 g/mol. The van der Waals surface area contributed by atoms with Gasteiger partial charge in [-0.1, -0.05) is 249 Å². The fourth-order valence-electron chi connectivity index (χ4n) is 20.0. The highest BCUT2D eigenvalue weighted by Crippen LogP contribution is 2.66. The zero-order chi connectivity index (χ0) is 83.9. The van der Waals surface area contributed by atoms with E-state index in [0.29, 0.717) is 115 Å². The van der Waals surface area contributed by atoms with Gasteiger partial charge in [0.1, 0.15) is 59.3 Å². The van der Waals surface area contributed by atoms with E-state index in [-0.39, 0.29) is 98.1 Å². The summed E-state index contributed by atoms with van der Waals surface area (Å²) in [6.07, 6.45) is 3.29. The molecule has 0 radical (unpaired) electrons. The Morgan fingerprint density at radius 2 is 0.621 bits per heavy atom. The lowest BCUT2D eigenvalue weighted by Crippen LogP contribution is -2.43. The molecule has 4 saturated carbocycles. The number of ether oxygens (including phenoxy) is 2. The highest BCUT2D eigenvalue weighted by Gasteiger charge is 2.67. The maximum Gasteiger partial charge on any atom is 0.310 e. The molecule has 4 unspecified atom stereocenters. The van der Waals surface area contributed by atoms with Crippen LogP contribution in [0.4, 0.5) is 0 Å². The molecule has 2 aromatic heterocycles. The number of carbonyl (C=O) groups is 2. The van der Waals surface area contributed by atoms with Crippen molar-refractivity contribution in [2.45, 2.75) is 275 Å². The fourth-order valence-corrected chi connectivity index (χ4v) is 23.6. The minimum absolute atomic E-state index is 0.00944. The van der Waals surface area contributed by atoms with E-state index in [2.05, 4.69) is 161 Å². The molecule has 0 spiro atoms. The molecular formula is C100H120N2O12S2. The van der Waals surface area contributed by atoms with E-state index in [0.717, 1.165) is 68.1 Å². The van der Waals surface area contributed by atoms with Gasteiger partial charge < -0.3 is 28.1 Å². The second-order valence-electron chi connectivity index (χ2n) is 42.6. The van der Waals surface area contributed by atoms with Crippen LogP contribution in [0.25, 0.3) is 21.8 Å². The first kappa shape index (κ1) is 82.5. The van der Waals surface area contributed by atoms with Gasteiger partial charge in [0.2, 0.25) is 0 Å². The summed E-state index contributed by atoms with van der Waals surface area (Å²) in [5.41, 5.74) is 8.45. The van der Waals surface area contributed by atoms with Gasteiger partial charge in [0.15, 0.2) is 0 Å². The number of carbonyl (C=O) groups excluding carboxylic acids is 2. The van der Waals surface area contributed by atoms with Crippen molar-refractivity contribution in [3.05, 3.63) is 221 Å². The SMILES string of the molecule is CC(C)(C)c1cc2c(O)c(c1)Cc1cc(C(C)(C)C)cc(c1OS(=O)(=O)CC13CCC(CC1=O)C3(C)C)Cc1cc(C(C)(C)C)cc3c1OCc1ccc4ccc5ccc(nc5c4n1)COc1c(cc(C(C)(C)C)cc1Cc1cc(C(C)(C)C)cc(c1O)Cc1cc(C(C)(C)C)cc(c1OS(=O)(=O)CC14CCC(CC1=O)C4(C)C)C3)C2. The lowest BCUT2D eigenvalue weighted by Gasteiger charge is -2.36. The number of phenolic OH excluding ortho intramolecular Hbond substituents is 2. The monoisotopic (exact) mass is 1600 g/mol. The molecule has 7 aromatic carbocycles. The fraction of sp³-hybridized carbons (Fsp3) is 0.500. The van der Waals surface area contributed by atoms with E-state index >= 15 is 16.8 Å². The molecule has 6 aliphatic rings. The Hall–Kier alpha value is -8.60. The summed E-state index contributed by atoms with van der Waals surface area (Å²) in [4.78, 5) is 40.0. The quantitative estimate of drug-likeness (QED) is 0.107. The number of fused-ring (bicyclic) bond motifs is 14. The van der Waals surface area contributed by atoms with Gasteiger partial charge in [0, 0.05) is 84.4 Å². The lowest BCUT2D eigenvalue weighted by molar-refractivity contribution is -0.128. The van der Waals surface area contributed by atoms with Crippen LogP contribution in [0.2, 0.25) is 0 Å². The summed E-state index contributed by atoms with van der Waals surface area (Å²) in [5, 5.41) is 29.0. The average Bonchev–Trinajstić information content (AvgIpc) is 1.55. The first-order valence-corrected chi connectivity index (χ1v) is 45.1. The molecule has 614 valence electrons. The lowest BCUT2D eigenvalue weighted by atomic mass is 9.70. The molecule has 15 rings (SSSR count). The number of nitrogens with zero attached hydrogens (tertiary/aromatic N) is 2. The minimum atomic E-state index is -4.66. The van der Waals surface area contributed by atoms with Gasteiger partial charge in [-0.3, -0.25) is 9.59 Å². The first-order valence-electron chi connectivity index (χ1n) is 41.9. The molecule has 4 fully saturated rings. The summed E-state index contributed by atoms with van der Waals surface area (Å²) in [5.74, 6) is 0.0765. The van der Waals surface area contributed by atoms with Crippen molar-refractivity contribution in [3.8, 4) is 34.5 Å². The van der Waals surface area contributed by atoms with Gasteiger partial charge in [-0.25, -0.2) is 9.97 Å². The van der Waals surface area contributed by atoms with Crippen LogP contribution < -0.4 is 17.8 Å². The zero-order valence-electron chi connectivity index (χ0n) is 72.5. The smallest absolute Gasteiger partial charge is 0.310 e. The second kappa shape index (κ2) is 28.0. The maximum absolute atomic E-state index is 16.0. The number of hydrogen-bond donors (Lipinski definition) is 2. The second-order valence-corrected chi connectivity index (χ2v) is 45.8. The molecule has 4 aliphatic carbocycles. The van der Waals surface area contributed by atoms with Crippen molar-refractivity contribution in [3.63, 3.8) is 0 Å². The minimum Gasteiger partial charge on any atom is -0.507 e. The Morgan fingerprint density at radius 1 is 0.379 bits per heavy atom. The predicted molar refractivity (Wildman–Crippen MR) is 463 cm³/mol. The predicted octanol–water partition coefficient (Wildman–Crippen LogP) is 21.5. The topological polar surface area (TPSA) is 206 Å².